The van der Waals surface area contributed by atoms with E-state index in [9.17, 15) is 19.5 Å². The van der Waals surface area contributed by atoms with E-state index in [4.69, 9.17) is 0 Å². The molecule has 2 heterocycles. The molecular weight excluding hydrogens is 334 g/mol. The highest BCUT2D eigenvalue weighted by atomic mass is 16.4. The van der Waals surface area contributed by atoms with Crippen LogP contribution < -0.4 is 5.32 Å². The molecule has 0 aromatic heterocycles. The second-order valence-corrected chi connectivity index (χ2v) is 7.57. The topological polar surface area (TPSA) is 90.0 Å². The number of nitrogens with zero attached hydrogens (tertiary/aromatic N) is 2. The van der Waals surface area contributed by atoms with Crippen LogP contribution in [0.5, 0.6) is 0 Å². The predicted octanol–water partition coefficient (Wildman–Crippen LogP) is 1.60. The van der Waals surface area contributed by atoms with Gasteiger partial charge < -0.3 is 20.2 Å². The molecule has 2 unspecified atom stereocenters. The van der Waals surface area contributed by atoms with Gasteiger partial charge in [0, 0.05) is 26.2 Å². The highest BCUT2D eigenvalue weighted by Gasteiger charge is 2.43. The molecule has 3 amide bonds. The van der Waals surface area contributed by atoms with E-state index in [-0.39, 0.29) is 18.5 Å². The predicted molar refractivity (Wildman–Crippen MR) is 95.5 cm³/mol. The van der Waals surface area contributed by atoms with Crippen molar-refractivity contribution in [2.24, 2.45) is 5.41 Å². The van der Waals surface area contributed by atoms with Gasteiger partial charge >= 0.3 is 12.0 Å². The Morgan fingerprint density at radius 2 is 1.96 bits per heavy atom. The number of amides is 3. The van der Waals surface area contributed by atoms with Crippen LogP contribution in [-0.4, -0.2) is 58.5 Å². The van der Waals surface area contributed by atoms with Crippen molar-refractivity contribution >= 4 is 17.9 Å². The molecule has 0 bridgehead atoms. The van der Waals surface area contributed by atoms with E-state index in [1.807, 2.05) is 31.2 Å². The molecule has 140 valence electrons. The second kappa shape index (κ2) is 6.97. The lowest BCUT2D eigenvalue weighted by molar-refractivity contribution is -0.147. The first kappa shape index (κ1) is 18.2. The van der Waals surface area contributed by atoms with Crippen LogP contribution >= 0.6 is 0 Å². The molecule has 2 saturated heterocycles. The summed E-state index contributed by atoms with van der Waals surface area (Å²) >= 11 is 0. The summed E-state index contributed by atoms with van der Waals surface area (Å²) < 4.78 is 0. The van der Waals surface area contributed by atoms with Crippen LogP contribution in [0.15, 0.2) is 24.3 Å². The lowest BCUT2D eigenvalue weighted by Crippen LogP contribution is -2.48. The maximum atomic E-state index is 12.6. The molecule has 1 aromatic rings. The van der Waals surface area contributed by atoms with Crippen LogP contribution in [0.3, 0.4) is 0 Å². The normalized spacial score (nSPS) is 25.6. The third kappa shape index (κ3) is 3.66. The summed E-state index contributed by atoms with van der Waals surface area (Å²) in [6.45, 7) is 5.36. The Balaban J connectivity index is 1.55. The van der Waals surface area contributed by atoms with Crippen molar-refractivity contribution in [1.82, 2.24) is 15.1 Å². The summed E-state index contributed by atoms with van der Waals surface area (Å²) in [7, 11) is 0. The quantitative estimate of drug-likeness (QED) is 0.854. The fraction of sp³-hybridized carbons (Fsp3) is 0.526. The van der Waals surface area contributed by atoms with E-state index in [2.05, 4.69) is 5.32 Å². The zero-order valence-electron chi connectivity index (χ0n) is 15.2. The van der Waals surface area contributed by atoms with Crippen LogP contribution in [0.4, 0.5) is 4.79 Å². The number of carboxylic acid groups (broad SMARTS) is 1. The van der Waals surface area contributed by atoms with Crippen molar-refractivity contribution in [3.8, 4) is 0 Å². The highest BCUT2D eigenvalue weighted by molar-refractivity contribution is 5.89. The average Bonchev–Trinajstić information content (AvgIpc) is 3.16. The van der Waals surface area contributed by atoms with E-state index in [0.29, 0.717) is 32.5 Å². The maximum Gasteiger partial charge on any atom is 0.318 e. The number of carbonyl (C=O) groups is 3. The molecule has 2 aliphatic rings. The van der Waals surface area contributed by atoms with Crippen LogP contribution in [-0.2, 0) is 16.1 Å². The number of carbonyl (C=O) groups excluding carboxylic acids is 2. The molecule has 1 aromatic carbocycles. The highest BCUT2D eigenvalue weighted by Crippen LogP contribution is 2.30. The summed E-state index contributed by atoms with van der Waals surface area (Å²) in [5.74, 6) is -0.979. The SMILES string of the molecule is Cc1ccc(CN2CCC(NC(=O)N3CCC(C)(C(=O)O)C3)C2=O)cc1. The van der Waals surface area contributed by atoms with Gasteiger partial charge in [0.15, 0.2) is 0 Å². The zero-order chi connectivity index (χ0) is 18.9. The third-order valence-corrected chi connectivity index (χ3v) is 5.37. The Kier molecular flexibility index (Phi) is 4.89. The molecule has 2 fully saturated rings. The molecule has 3 rings (SSSR count). The Hall–Kier alpha value is -2.57. The van der Waals surface area contributed by atoms with Gasteiger partial charge in [0.05, 0.1) is 5.41 Å². The van der Waals surface area contributed by atoms with Gasteiger partial charge in [-0.3, -0.25) is 9.59 Å². The van der Waals surface area contributed by atoms with E-state index in [0.717, 1.165) is 5.56 Å². The van der Waals surface area contributed by atoms with Crippen LogP contribution in [0, 0.1) is 12.3 Å². The van der Waals surface area contributed by atoms with Gasteiger partial charge in [0.1, 0.15) is 6.04 Å². The van der Waals surface area contributed by atoms with E-state index in [1.54, 1.807) is 11.8 Å². The molecule has 0 spiro atoms. The summed E-state index contributed by atoms with van der Waals surface area (Å²) in [5.41, 5.74) is 1.33. The summed E-state index contributed by atoms with van der Waals surface area (Å²) in [6, 6.07) is 7.15. The van der Waals surface area contributed by atoms with Crippen molar-refractivity contribution in [2.75, 3.05) is 19.6 Å². The van der Waals surface area contributed by atoms with Crippen molar-refractivity contribution < 1.29 is 19.5 Å². The molecule has 0 radical (unpaired) electrons. The van der Waals surface area contributed by atoms with Gasteiger partial charge in [0.25, 0.3) is 0 Å². The minimum atomic E-state index is -0.908. The van der Waals surface area contributed by atoms with Gasteiger partial charge in [-0.1, -0.05) is 29.8 Å². The number of benzene rings is 1. The standard InChI is InChI=1S/C19H25N3O4/c1-13-3-5-14(6-4-13)11-21-9-7-15(16(21)23)20-18(26)22-10-8-19(2,12-22)17(24)25/h3-6,15H,7-12H2,1-2H3,(H,20,26)(H,24,25). The monoisotopic (exact) mass is 359 g/mol. The van der Waals surface area contributed by atoms with E-state index < -0.39 is 17.4 Å². The number of aliphatic carboxylic acids is 1. The Morgan fingerprint density at radius 3 is 2.58 bits per heavy atom. The van der Waals surface area contributed by atoms with E-state index >= 15 is 0 Å². The van der Waals surface area contributed by atoms with Crippen LogP contribution in [0.2, 0.25) is 0 Å². The lowest BCUT2D eigenvalue weighted by atomic mass is 9.90. The van der Waals surface area contributed by atoms with Crippen molar-refractivity contribution in [3.05, 3.63) is 35.4 Å². The summed E-state index contributed by atoms with van der Waals surface area (Å²) in [6.07, 6.45) is 0.994. The lowest BCUT2D eigenvalue weighted by Gasteiger charge is -2.22. The fourth-order valence-electron chi connectivity index (χ4n) is 3.49. The number of aryl methyl sites for hydroxylation is 1. The van der Waals surface area contributed by atoms with Crippen molar-refractivity contribution in [3.63, 3.8) is 0 Å². The largest absolute Gasteiger partial charge is 0.481 e. The minimum absolute atomic E-state index is 0.0841. The Labute approximate surface area is 153 Å². The van der Waals surface area contributed by atoms with Gasteiger partial charge in [-0.2, -0.15) is 0 Å². The van der Waals surface area contributed by atoms with Crippen LogP contribution in [0.1, 0.15) is 30.9 Å². The number of urea groups is 1. The molecular formula is C19H25N3O4. The molecule has 26 heavy (non-hydrogen) atoms. The Morgan fingerprint density at radius 1 is 1.27 bits per heavy atom. The van der Waals surface area contributed by atoms with Crippen LogP contribution in [0.25, 0.3) is 0 Å². The number of likely N-dealkylation sites (tertiary alicyclic amines) is 2. The number of hydrogen-bond donors (Lipinski definition) is 2. The summed E-state index contributed by atoms with van der Waals surface area (Å²) in [5, 5.41) is 12.0. The number of hydrogen-bond acceptors (Lipinski definition) is 3. The molecule has 2 atom stereocenters. The summed E-state index contributed by atoms with van der Waals surface area (Å²) in [4.78, 5) is 39.5. The second-order valence-electron chi connectivity index (χ2n) is 7.57. The van der Waals surface area contributed by atoms with Gasteiger partial charge in [-0.25, -0.2) is 4.79 Å². The van der Waals surface area contributed by atoms with E-state index in [1.165, 1.54) is 10.5 Å². The molecule has 7 heteroatoms. The first-order chi connectivity index (χ1) is 12.3. The first-order valence-electron chi connectivity index (χ1n) is 8.92. The van der Waals surface area contributed by atoms with Gasteiger partial charge in [-0.15, -0.1) is 0 Å². The van der Waals surface area contributed by atoms with Crippen molar-refractivity contribution in [2.45, 2.75) is 39.3 Å². The molecule has 0 saturated carbocycles. The first-order valence-corrected chi connectivity index (χ1v) is 8.92. The number of carboxylic acids is 1. The smallest absolute Gasteiger partial charge is 0.318 e. The maximum absolute atomic E-state index is 12.6. The Bertz CT molecular complexity index is 718. The minimum Gasteiger partial charge on any atom is -0.481 e. The number of rotatable bonds is 4. The molecule has 0 aliphatic carbocycles. The average molecular weight is 359 g/mol. The zero-order valence-corrected chi connectivity index (χ0v) is 15.2. The van der Waals surface area contributed by atoms with Gasteiger partial charge in [-0.05, 0) is 32.3 Å². The van der Waals surface area contributed by atoms with Crippen molar-refractivity contribution in [1.29, 1.82) is 0 Å². The number of nitrogens with one attached hydrogen (secondary N) is 1. The molecule has 2 aliphatic heterocycles. The van der Waals surface area contributed by atoms with Gasteiger partial charge in [0.2, 0.25) is 5.91 Å². The molecule has 2 N–H and O–H groups in total. The molecule has 7 nitrogen and oxygen atoms in total. The third-order valence-electron chi connectivity index (χ3n) is 5.37. The fourth-order valence-corrected chi connectivity index (χ4v) is 3.49.